The number of halogens is 4. The molecule has 1 saturated carbocycles. The standard InChI is InChI=1S/C24H24BrF3N4O/c1-15-10-11-20(19(25)12-15)30-22-14-21(16-6-5-9-18(13-16)33-24(26,27)28)31-23(32-22)29-17-7-3-2-4-8-17/h5-6,9-14,17H,2-4,7-8H2,1H3,(H2,29,30,31,32). The molecular weight excluding hydrogens is 497 g/mol. The van der Waals surface area contributed by atoms with Crippen LogP contribution in [-0.4, -0.2) is 22.4 Å². The molecule has 1 heterocycles. The molecule has 5 nitrogen and oxygen atoms in total. The Morgan fingerprint density at radius 3 is 2.52 bits per heavy atom. The minimum absolute atomic E-state index is 0.271. The average molecular weight is 521 g/mol. The van der Waals surface area contributed by atoms with Gasteiger partial charge in [0.25, 0.3) is 0 Å². The Kier molecular flexibility index (Phi) is 7.07. The number of aromatic nitrogens is 2. The molecule has 1 aromatic heterocycles. The van der Waals surface area contributed by atoms with Gasteiger partial charge in [-0.1, -0.05) is 37.5 Å². The summed E-state index contributed by atoms with van der Waals surface area (Å²) in [6.07, 6.45) is 0.830. The molecule has 3 aromatic rings. The molecule has 2 N–H and O–H groups in total. The van der Waals surface area contributed by atoms with Gasteiger partial charge in [0.2, 0.25) is 5.95 Å². The van der Waals surface area contributed by atoms with Crippen LogP contribution in [0.2, 0.25) is 0 Å². The summed E-state index contributed by atoms with van der Waals surface area (Å²) in [5, 5.41) is 6.70. The Hall–Kier alpha value is -2.81. The van der Waals surface area contributed by atoms with Crippen molar-refractivity contribution in [3.63, 3.8) is 0 Å². The molecule has 174 valence electrons. The van der Waals surface area contributed by atoms with Crippen molar-refractivity contribution in [2.75, 3.05) is 10.6 Å². The van der Waals surface area contributed by atoms with Gasteiger partial charge in [-0.2, -0.15) is 4.98 Å². The first-order valence-electron chi connectivity index (χ1n) is 10.8. The first-order chi connectivity index (χ1) is 15.7. The van der Waals surface area contributed by atoms with E-state index in [0.717, 1.165) is 41.4 Å². The summed E-state index contributed by atoms with van der Waals surface area (Å²) in [6, 6.07) is 13.7. The maximum absolute atomic E-state index is 12.7. The lowest BCUT2D eigenvalue weighted by atomic mass is 9.96. The third kappa shape index (κ3) is 6.60. The molecule has 0 aliphatic heterocycles. The number of benzene rings is 2. The number of alkyl halides is 3. The molecule has 4 rings (SSSR count). The van der Waals surface area contributed by atoms with Crippen molar-refractivity contribution in [1.82, 2.24) is 9.97 Å². The maximum Gasteiger partial charge on any atom is 0.573 e. The van der Waals surface area contributed by atoms with Crippen molar-refractivity contribution in [1.29, 1.82) is 0 Å². The molecule has 2 aromatic carbocycles. The Balaban J connectivity index is 1.68. The minimum atomic E-state index is -4.76. The molecule has 9 heteroatoms. The van der Waals surface area contributed by atoms with E-state index in [1.807, 2.05) is 25.1 Å². The van der Waals surface area contributed by atoms with Crippen LogP contribution < -0.4 is 15.4 Å². The fourth-order valence-electron chi connectivity index (χ4n) is 3.87. The van der Waals surface area contributed by atoms with Crippen molar-refractivity contribution in [2.45, 2.75) is 51.4 Å². The van der Waals surface area contributed by atoms with Crippen LogP contribution in [0.15, 0.2) is 53.0 Å². The van der Waals surface area contributed by atoms with Gasteiger partial charge in [-0.05, 0) is 65.5 Å². The molecule has 33 heavy (non-hydrogen) atoms. The number of hydrogen-bond acceptors (Lipinski definition) is 5. The molecule has 0 saturated heterocycles. The van der Waals surface area contributed by atoms with E-state index >= 15 is 0 Å². The SMILES string of the molecule is Cc1ccc(Nc2cc(-c3cccc(OC(F)(F)F)c3)nc(NC3CCCCC3)n2)c(Br)c1. The summed E-state index contributed by atoms with van der Waals surface area (Å²) in [5.74, 6) is 0.675. The Morgan fingerprint density at radius 1 is 1.00 bits per heavy atom. The van der Waals surface area contributed by atoms with Crippen LogP contribution >= 0.6 is 15.9 Å². The smallest absolute Gasteiger partial charge is 0.406 e. The zero-order chi connectivity index (χ0) is 23.4. The summed E-state index contributed by atoms with van der Waals surface area (Å²) in [5.41, 5.74) is 2.92. The Bertz CT molecular complexity index is 1120. The second-order valence-corrected chi connectivity index (χ2v) is 8.98. The summed E-state index contributed by atoms with van der Waals surface area (Å²) < 4.78 is 43.1. The van der Waals surface area contributed by atoms with Gasteiger partial charge in [-0.25, -0.2) is 4.98 Å². The topological polar surface area (TPSA) is 59.1 Å². The highest BCUT2D eigenvalue weighted by Crippen LogP contribution is 2.31. The molecule has 0 bridgehead atoms. The maximum atomic E-state index is 12.7. The van der Waals surface area contributed by atoms with Crippen molar-refractivity contribution >= 4 is 33.4 Å². The van der Waals surface area contributed by atoms with Crippen LogP contribution in [0.4, 0.5) is 30.6 Å². The Labute approximate surface area is 198 Å². The normalized spacial score (nSPS) is 14.7. The van der Waals surface area contributed by atoms with E-state index in [-0.39, 0.29) is 11.8 Å². The number of ether oxygens (including phenoxy) is 1. The molecule has 0 unspecified atom stereocenters. The van der Waals surface area contributed by atoms with Crippen LogP contribution in [0.1, 0.15) is 37.7 Å². The lowest BCUT2D eigenvalue weighted by molar-refractivity contribution is -0.274. The molecule has 1 fully saturated rings. The quantitative estimate of drug-likeness (QED) is 0.350. The van der Waals surface area contributed by atoms with E-state index in [9.17, 15) is 13.2 Å². The predicted octanol–water partition coefficient (Wildman–Crippen LogP) is 7.60. The fraction of sp³-hybridized carbons (Fsp3) is 0.333. The lowest BCUT2D eigenvalue weighted by Gasteiger charge is -2.23. The van der Waals surface area contributed by atoms with Crippen molar-refractivity contribution < 1.29 is 17.9 Å². The molecule has 1 aliphatic carbocycles. The van der Waals surface area contributed by atoms with Crippen LogP contribution in [-0.2, 0) is 0 Å². The third-order valence-electron chi connectivity index (χ3n) is 5.42. The number of nitrogens with one attached hydrogen (secondary N) is 2. The number of hydrogen-bond donors (Lipinski definition) is 2. The van der Waals surface area contributed by atoms with Gasteiger partial charge >= 0.3 is 6.36 Å². The Morgan fingerprint density at radius 2 is 1.79 bits per heavy atom. The minimum Gasteiger partial charge on any atom is -0.406 e. The van der Waals surface area contributed by atoms with E-state index in [4.69, 9.17) is 0 Å². The van der Waals surface area contributed by atoms with Crippen molar-refractivity contribution in [3.05, 3.63) is 58.6 Å². The summed E-state index contributed by atoms with van der Waals surface area (Å²) in [6.45, 7) is 2.00. The van der Waals surface area contributed by atoms with Gasteiger partial charge in [-0.3, -0.25) is 0 Å². The summed E-state index contributed by atoms with van der Waals surface area (Å²) >= 11 is 3.56. The number of nitrogens with zero attached hydrogens (tertiary/aromatic N) is 2. The van der Waals surface area contributed by atoms with Gasteiger partial charge in [0.15, 0.2) is 0 Å². The number of anilines is 3. The van der Waals surface area contributed by atoms with Gasteiger partial charge in [0, 0.05) is 22.1 Å². The molecule has 1 aliphatic rings. The van der Waals surface area contributed by atoms with E-state index in [2.05, 4.69) is 41.3 Å². The third-order valence-corrected chi connectivity index (χ3v) is 6.07. The van der Waals surface area contributed by atoms with Crippen LogP contribution in [0, 0.1) is 6.92 Å². The highest BCUT2D eigenvalue weighted by Gasteiger charge is 2.31. The summed E-state index contributed by atoms with van der Waals surface area (Å²) in [7, 11) is 0. The highest BCUT2D eigenvalue weighted by molar-refractivity contribution is 9.10. The largest absolute Gasteiger partial charge is 0.573 e. The molecule has 0 atom stereocenters. The van der Waals surface area contributed by atoms with Gasteiger partial charge in [-0.15, -0.1) is 13.2 Å². The molecule has 0 spiro atoms. The second kappa shape index (κ2) is 9.99. The zero-order valence-electron chi connectivity index (χ0n) is 18.0. The molecule has 0 radical (unpaired) electrons. The van der Waals surface area contributed by atoms with Gasteiger partial charge in [0.05, 0.1) is 11.4 Å². The van der Waals surface area contributed by atoms with E-state index < -0.39 is 6.36 Å². The second-order valence-electron chi connectivity index (χ2n) is 8.13. The molecule has 0 amide bonds. The van der Waals surface area contributed by atoms with Crippen molar-refractivity contribution in [3.8, 4) is 17.0 Å². The van der Waals surface area contributed by atoms with Gasteiger partial charge in [0.1, 0.15) is 11.6 Å². The fourth-order valence-corrected chi connectivity index (χ4v) is 4.46. The van der Waals surface area contributed by atoms with Crippen LogP contribution in [0.5, 0.6) is 5.75 Å². The first-order valence-corrected chi connectivity index (χ1v) is 11.6. The van der Waals surface area contributed by atoms with Crippen LogP contribution in [0.3, 0.4) is 0 Å². The monoisotopic (exact) mass is 520 g/mol. The van der Waals surface area contributed by atoms with Crippen molar-refractivity contribution in [2.24, 2.45) is 0 Å². The molecular formula is C24H24BrF3N4O. The lowest BCUT2D eigenvalue weighted by Crippen LogP contribution is -2.23. The van der Waals surface area contributed by atoms with Crippen LogP contribution in [0.25, 0.3) is 11.3 Å². The van der Waals surface area contributed by atoms with E-state index in [1.54, 1.807) is 12.1 Å². The number of aryl methyl sites for hydroxylation is 1. The first kappa shape index (κ1) is 23.4. The van der Waals surface area contributed by atoms with Gasteiger partial charge < -0.3 is 15.4 Å². The zero-order valence-corrected chi connectivity index (χ0v) is 19.6. The average Bonchev–Trinajstić information content (AvgIpc) is 2.75. The van der Waals surface area contributed by atoms with E-state index in [0.29, 0.717) is 23.0 Å². The van der Waals surface area contributed by atoms with E-state index in [1.165, 1.54) is 24.6 Å². The number of rotatable bonds is 6. The highest BCUT2D eigenvalue weighted by atomic mass is 79.9. The summed E-state index contributed by atoms with van der Waals surface area (Å²) in [4.78, 5) is 9.23. The predicted molar refractivity (Wildman–Crippen MR) is 127 cm³/mol.